The predicted octanol–water partition coefficient (Wildman–Crippen LogP) is 1.63. The minimum absolute atomic E-state index is 0.190. The van der Waals surface area contributed by atoms with Crippen molar-refractivity contribution in [2.75, 3.05) is 0 Å². The lowest BCUT2D eigenvalue weighted by atomic mass is 10.3. The molecule has 0 aromatic heterocycles. The highest BCUT2D eigenvalue weighted by Gasteiger charge is 1.78. The predicted molar refractivity (Wildman–Crippen MR) is 40.7 cm³/mol. The van der Waals surface area contributed by atoms with E-state index in [-0.39, 0.29) is 5.92 Å². The zero-order valence-corrected chi connectivity index (χ0v) is 7.91. The van der Waals surface area contributed by atoms with Crippen molar-refractivity contribution >= 4 is 30.3 Å². The molecular formula is C4H9Cl2NSi. The summed E-state index contributed by atoms with van der Waals surface area (Å²) in [4.78, 5) is 0. The molecule has 0 heterocycles. The summed E-state index contributed by atoms with van der Waals surface area (Å²) in [7, 11) is -0.639. The second-order valence-electron chi connectivity index (χ2n) is 1.38. The maximum Gasteiger partial charge on any atom is 0.222 e. The van der Waals surface area contributed by atoms with Gasteiger partial charge in [-0.05, 0) is 13.8 Å². The Hall–Kier alpha value is 0.287. The third-order valence-electron chi connectivity index (χ3n) is 0.258. The lowest BCUT2D eigenvalue weighted by Crippen LogP contribution is -1.72. The number of nitrogens with zero attached hydrogens (tertiary/aromatic N) is 1. The molecule has 0 unspecified atom stereocenters. The third-order valence-corrected chi connectivity index (χ3v) is 0.258. The number of hydrogen-bond acceptors (Lipinski definition) is 1. The van der Waals surface area contributed by atoms with E-state index in [1.54, 1.807) is 0 Å². The monoisotopic (exact) mass is 169 g/mol. The molecule has 0 spiro atoms. The van der Waals surface area contributed by atoms with Gasteiger partial charge in [0.05, 0.1) is 6.07 Å². The number of halogens is 2. The first-order chi connectivity index (χ1) is 3.68. The van der Waals surface area contributed by atoms with E-state index in [4.69, 9.17) is 27.4 Å². The van der Waals surface area contributed by atoms with Gasteiger partial charge in [0.15, 0.2) is 0 Å². The summed E-state index contributed by atoms with van der Waals surface area (Å²) in [6.45, 7) is 3.72. The van der Waals surface area contributed by atoms with Gasteiger partial charge in [-0.3, -0.25) is 0 Å². The maximum absolute atomic E-state index is 7.89. The van der Waals surface area contributed by atoms with Gasteiger partial charge in [-0.25, -0.2) is 0 Å². The largest absolute Gasteiger partial charge is 0.222 e. The van der Waals surface area contributed by atoms with Crippen molar-refractivity contribution in [3.63, 3.8) is 0 Å². The van der Waals surface area contributed by atoms with E-state index >= 15 is 0 Å². The third kappa shape index (κ3) is 33.6. The first-order valence-electron chi connectivity index (χ1n) is 2.20. The molecule has 48 valence electrons. The molecule has 0 aromatic carbocycles. The molecule has 0 aliphatic rings. The van der Waals surface area contributed by atoms with Crippen LogP contribution in [0.1, 0.15) is 13.8 Å². The molecule has 0 N–H and O–H groups in total. The average Bonchev–Trinajstić information content (AvgIpc) is 1.69. The number of hydrogen-bond donors (Lipinski definition) is 0. The molecular weight excluding hydrogens is 161 g/mol. The highest BCUT2D eigenvalue weighted by molar-refractivity contribution is 7.22. The van der Waals surface area contributed by atoms with Crippen molar-refractivity contribution in [1.82, 2.24) is 0 Å². The Bertz CT molecular complexity index is 68.9. The average molecular weight is 170 g/mol. The van der Waals surface area contributed by atoms with Crippen LogP contribution < -0.4 is 0 Å². The lowest BCUT2D eigenvalue weighted by molar-refractivity contribution is 0.849. The molecule has 0 saturated carbocycles. The molecule has 0 amide bonds. The summed E-state index contributed by atoms with van der Waals surface area (Å²) in [5.41, 5.74) is 0. The normalized spacial score (nSPS) is 7.00. The van der Waals surface area contributed by atoms with Crippen molar-refractivity contribution in [2.24, 2.45) is 5.92 Å². The van der Waals surface area contributed by atoms with Gasteiger partial charge in [0, 0.05) is 5.92 Å². The second-order valence-corrected chi connectivity index (χ2v) is 4.01. The molecule has 0 fully saturated rings. The van der Waals surface area contributed by atoms with Gasteiger partial charge in [-0.2, -0.15) is 27.4 Å². The fraction of sp³-hybridized carbons (Fsp3) is 0.750. The minimum Gasteiger partial charge on any atom is -0.198 e. The standard InChI is InChI=1S/C4H7N.Cl2H2Si/c1-4(2)3-5;1-3-2/h4H,1-2H3;3H2. The lowest BCUT2D eigenvalue weighted by Gasteiger charge is -1.75. The van der Waals surface area contributed by atoms with Gasteiger partial charge in [-0.15, -0.1) is 0 Å². The van der Waals surface area contributed by atoms with Gasteiger partial charge < -0.3 is 0 Å². The molecule has 4 heteroatoms. The molecule has 0 saturated heterocycles. The molecule has 0 aromatic rings. The van der Waals surface area contributed by atoms with Crippen LogP contribution in [0.4, 0.5) is 0 Å². The van der Waals surface area contributed by atoms with E-state index in [0.29, 0.717) is 0 Å². The Balaban J connectivity index is 0. The molecule has 0 atom stereocenters. The molecule has 0 bridgehead atoms. The fourth-order valence-corrected chi connectivity index (χ4v) is 0. The Morgan fingerprint density at radius 1 is 1.50 bits per heavy atom. The quantitative estimate of drug-likeness (QED) is 0.400. The second kappa shape index (κ2) is 10.3. The minimum atomic E-state index is -0.639. The number of nitriles is 1. The van der Waals surface area contributed by atoms with Gasteiger partial charge >= 0.3 is 0 Å². The van der Waals surface area contributed by atoms with Crippen molar-refractivity contribution in [1.29, 1.82) is 5.26 Å². The van der Waals surface area contributed by atoms with E-state index in [1.165, 1.54) is 0 Å². The Kier molecular flexibility index (Phi) is 14.3. The topological polar surface area (TPSA) is 23.8 Å². The Labute approximate surface area is 61.8 Å². The summed E-state index contributed by atoms with van der Waals surface area (Å²) < 4.78 is 0. The van der Waals surface area contributed by atoms with Crippen LogP contribution in [-0.2, 0) is 0 Å². The molecule has 0 rings (SSSR count). The summed E-state index contributed by atoms with van der Waals surface area (Å²) in [5, 5.41) is 7.89. The van der Waals surface area contributed by atoms with E-state index in [0.717, 1.165) is 0 Å². The first kappa shape index (κ1) is 11.1. The molecule has 0 aliphatic carbocycles. The Morgan fingerprint density at radius 3 is 1.62 bits per heavy atom. The summed E-state index contributed by atoms with van der Waals surface area (Å²) in [5.74, 6) is 0.190. The number of rotatable bonds is 0. The summed E-state index contributed by atoms with van der Waals surface area (Å²) in [6.07, 6.45) is 0. The summed E-state index contributed by atoms with van der Waals surface area (Å²) in [6, 6.07) is 2.03. The molecule has 8 heavy (non-hydrogen) atoms. The van der Waals surface area contributed by atoms with Crippen molar-refractivity contribution in [3.05, 3.63) is 0 Å². The molecule has 0 aliphatic heterocycles. The fourth-order valence-electron chi connectivity index (χ4n) is 0. The SMILES string of the molecule is CC(C)C#N.Cl[SiH2]Cl. The Morgan fingerprint density at radius 2 is 1.62 bits per heavy atom. The summed E-state index contributed by atoms with van der Waals surface area (Å²) >= 11 is 9.81. The van der Waals surface area contributed by atoms with Gasteiger partial charge in [0.1, 0.15) is 0 Å². The van der Waals surface area contributed by atoms with Crippen LogP contribution in [0.25, 0.3) is 0 Å². The smallest absolute Gasteiger partial charge is 0.198 e. The van der Waals surface area contributed by atoms with Gasteiger partial charge in [-0.1, -0.05) is 0 Å². The molecule has 1 nitrogen and oxygen atoms in total. The molecule has 0 radical (unpaired) electrons. The van der Waals surface area contributed by atoms with Crippen LogP contribution >= 0.6 is 22.2 Å². The van der Waals surface area contributed by atoms with E-state index in [1.807, 2.05) is 19.9 Å². The van der Waals surface area contributed by atoms with Crippen LogP contribution in [0.2, 0.25) is 0 Å². The maximum atomic E-state index is 7.89. The zero-order chi connectivity index (χ0) is 6.99. The van der Waals surface area contributed by atoms with Crippen LogP contribution in [0, 0.1) is 17.2 Å². The van der Waals surface area contributed by atoms with E-state index in [9.17, 15) is 0 Å². The first-order valence-corrected chi connectivity index (χ1v) is 6.48. The van der Waals surface area contributed by atoms with Crippen LogP contribution in [0.15, 0.2) is 0 Å². The highest BCUT2D eigenvalue weighted by Crippen LogP contribution is 1.81. The van der Waals surface area contributed by atoms with Crippen LogP contribution in [0.5, 0.6) is 0 Å². The zero-order valence-electron chi connectivity index (χ0n) is 4.99. The van der Waals surface area contributed by atoms with Crippen molar-refractivity contribution in [2.45, 2.75) is 13.8 Å². The van der Waals surface area contributed by atoms with E-state index in [2.05, 4.69) is 0 Å². The van der Waals surface area contributed by atoms with Gasteiger partial charge in [0.2, 0.25) is 8.14 Å². The highest BCUT2D eigenvalue weighted by atomic mass is 35.7. The van der Waals surface area contributed by atoms with E-state index < -0.39 is 8.14 Å². The van der Waals surface area contributed by atoms with Crippen LogP contribution in [0.3, 0.4) is 0 Å². The van der Waals surface area contributed by atoms with Crippen molar-refractivity contribution in [3.8, 4) is 6.07 Å². The van der Waals surface area contributed by atoms with Crippen LogP contribution in [-0.4, -0.2) is 8.14 Å². The van der Waals surface area contributed by atoms with Crippen molar-refractivity contribution < 1.29 is 0 Å². The van der Waals surface area contributed by atoms with Gasteiger partial charge in [0.25, 0.3) is 0 Å².